The number of allylic oxidation sites excluding steroid dienone is 1. The molecule has 2 rings (SSSR count). The Labute approximate surface area is 158 Å². The second kappa shape index (κ2) is 8.56. The Morgan fingerprint density at radius 1 is 1.04 bits per heavy atom. The molecule has 3 nitrogen and oxygen atoms in total. The first-order valence-corrected chi connectivity index (χ1v) is 9.12. The fourth-order valence-electron chi connectivity index (χ4n) is 2.24. The predicted molar refractivity (Wildman–Crippen MR) is 105 cm³/mol. The molecule has 0 aliphatic carbocycles. The minimum Gasteiger partial charge on any atom is -0.346 e. The van der Waals surface area contributed by atoms with Crippen LogP contribution in [0.3, 0.4) is 0 Å². The third-order valence-corrected chi connectivity index (χ3v) is 4.85. The zero-order valence-corrected chi connectivity index (χ0v) is 15.8. The summed E-state index contributed by atoms with van der Waals surface area (Å²) in [5.41, 5.74) is 2.55. The minimum atomic E-state index is -0.435. The summed E-state index contributed by atoms with van der Waals surface area (Å²) in [5.74, 6) is 0.129. The van der Waals surface area contributed by atoms with E-state index in [4.69, 9.17) is 0 Å². The van der Waals surface area contributed by atoms with Gasteiger partial charge in [0.2, 0.25) is 0 Å². The van der Waals surface area contributed by atoms with Gasteiger partial charge in [0.1, 0.15) is 23.0 Å². The molecule has 0 aromatic heterocycles. The van der Waals surface area contributed by atoms with Gasteiger partial charge in [-0.3, -0.25) is 0 Å². The van der Waals surface area contributed by atoms with E-state index in [2.05, 4.69) is 38.2 Å². The highest BCUT2D eigenvalue weighted by molar-refractivity contribution is 8.02. The van der Waals surface area contributed by atoms with Crippen LogP contribution >= 0.6 is 11.8 Å². The van der Waals surface area contributed by atoms with Crippen molar-refractivity contribution in [2.24, 2.45) is 0 Å². The van der Waals surface area contributed by atoms with Gasteiger partial charge in [-0.15, -0.1) is 11.8 Å². The highest BCUT2D eigenvalue weighted by Crippen LogP contribution is 2.28. The Morgan fingerprint density at radius 3 is 2.19 bits per heavy atom. The molecule has 0 aliphatic rings. The van der Waals surface area contributed by atoms with Crippen molar-refractivity contribution in [1.29, 1.82) is 10.5 Å². The van der Waals surface area contributed by atoms with Crippen molar-refractivity contribution >= 4 is 17.4 Å². The van der Waals surface area contributed by atoms with Gasteiger partial charge in [-0.25, -0.2) is 4.39 Å². The van der Waals surface area contributed by atoms with Crippen LogP contribution in [-0.2, 0) is 11.2 Å². The largest absolute Gasteiger partial charge is 0.346 e. The Bertz CT molecular complexity index is 865. The number of thioether (sulfide) groups is 1. The lowest BCUT2D eigenvalue weighted by atomic mass is 9.87. The van der Waals surface area contributed by atoms with Gasteiger partial charge in [0, 0.05) is 5.75 Å². The van der Waals surface area contributed by atoms with Crippen LogP contribution in [0.2, 0.25) is 0 Å². The van der Waals surface area contributed by atoms with Gasteiger partial charge in [0.25, 0.3) is 0 Å². The standard InChI is InChI=1S/C21H20FN3S/c1-21(2,3)17-10-8-15(9-11-17)14-26-20(16(12-23)13-24)25-19-7-5-4-6-18(19)22/h4-11,25H,14H2,1-3H3. The maximum Gasteiger partial charge on any atom is 0.159 e. The zero-order valence-electron chi connectivity index (χ0n) is 15.0. The summed E-state index contributed by atoms with van der Waals surface area (Å²) >= 11 is 1.31. The van der Waals surface area contributed by atoms with Crippen molar-refractivity contribution in [2.45, 2.75) is 31.9 Å². The number of para-hydroxylation sites is 1. The molecule has 0 saturated carbocycles. The maximum atomic E-state index is 13.9. The quantitative estimate of drug-likeness (QED) is 0.688. The third-order valence-electron chi connectivity index (χ3n) is 3.78. The topological polar surface area (TPSA) is 59.6 Å². The van der Waals surface area contributed by atoms with E-state index in [1.165, 1.54) is 23.4 Å². The van der Waals surface area contributed by atoms with Gasteiger partial charge in [-0.1, -0.05) is 57.2 Å². The number of hydrogen-bond donors (Lipinski definition) is 1. The van der Waals surface area contributed by atoms with Crippen molar-refractivity contribution < 1.29 is 4.39 Å². The lowest BCUT2D eigenvalue weighted by molar-refractivity contribution is 0.590. The fraction of sp³-hybridized carbons (Fsp3) is 0.238. The summed E-state index contributed by atoms with van der Waals surface area (Å²) in [6.45, 7) is 6.46. The van der Waals surface area contributed by atoms with Crippen LogP contribution in [-0.4, -0.2) is 0 Å². The summed E-state index contributed by atoms with van der Waals surface area (Å²) < 4.78 is 13.9. The van der Waals surface area contributed by atoms with Crippen molar-refractivity contribution in [3.05, 3.63) is 76.1 Å². The van der Waals surface area contributed by atoms with Gasteiger partial charge in [0.05, 0.1) is 5.69 Å². The summed E-state index contributed by atoms with van der Waals surface area (Å²) in [6, 6.07) is 18.1. The Hall–Kier alpha value is -2.76. The van der Waals surface area contributed by atoms with Crippen molar-refractivity contribution in [2.75, 3.05) is 5.32 Å². The van der Waals surface area contributed by atoms with E-state index in [1.54, 1.807) is 18.2 Å². The normalized spacial score (nSPS) is 10.5. The van der Waals surface area contributed by atoms with Gasteiger partial charge < -0.3 is 5.32 Å². The van der Waals surface area contributed by atoms with Crippen LogP contribution < -0.4 is 5.32 Å². The molecule has 2 aromatic carbocycles. The summed E-state index contributed by atoms with van der Waals surface area (Å²) in [7, 11) is 0. The van der Waals surface area contributed by atoms with Crippen LogP contribution in [0.4, 0.5) is 10.1 Å². The van der Waals surface area contributed by atoms with E-state index in [0.717, 1.165) is 5.56 Å². The van der Waals surface area contributed by atoms with Crippen LogP contribution in [0.1, 0.15) is 31.9 Å². The van der Waals surface area contributed by atoms with Gasteiger partial charge in [-0.2, -0.15) is 10.5 Å². The summed E-state index contributed by atoms with van der Waals surface area (Å²) in [4.78, 5) is 0. The molecule has 0 amide bonds. The molecule has 5 heteroatoms. The highest BCUT2D eigenvalue weighted by Gasteiger charge is 2.14. The molecule has 0 bridgehead atoms. The maximum absolute atomic E-state index is 13.9. The van der Waals surface area contributed by atoms with E-state index in [0.29, 0.717) is 10.8 Å². The molecule has 0 fully saturated rings. The fourth-order valence-corrected chi connectivity index (χ4v) is 3.16. The number of nitrogens with zero attached hydrogens (tertiary/aromatic N) is 2. The molecule has 0 spiro atoms. The average molecular weight is 365 g/mol. The van der Waals surface area contributed by atoms with Crippen molar-refractivity contribution in [1.82, 2.24) is 0 Å². The smallest absolute Gasteiger partial charge is 0.159 e. The second-order valence-electron chi connectivity index (χ2n) is 6.77. The SMILES string of the molecule is CC(C)(C)c1ccc(CSC(Nc2ccccc2F)=C(C#N)C#N)cc1. The molecule has 0 aliphatic heterocycles. The minimum absolute atomic E-state index is 0.0652. The van der Waals surface area contributed by atoms with Crippen molar-refractivity contribution in [3.63, 3.8) is 0 Å². The Morgan fingerprint density at radius 2 is 1.65 bits per heavy atom. The van der Waals surface area contributed by atoms with Crippen LogP contribution in [0.15, 0.2) is 59.1 Å². The Kier molecular flexibility index (Phi) is 6.44. The average Bonchev–Trinajstić information content (AvgIpc) is 2.62. The number of benzene rings is 2. The Balaban J connectivity index is 2.19. The molecule has 0 radical (unpaired) electrons. The van der Waals surface area contributed by atoms with Gasteiger partial charge in [-0.05, 0) is 28.7 Å². The van der Waals surface area contributed by atoms with Crippen LogP contribution in [0, 0.1) is 28.5 Å². The lowest BCUT2D eigenvalue weighted by Crippen LogP contribution is -2.10. The molecule has 0 saturated heterocycles. The first kappa shape index (κ1) is 19.6. The number of nitrogens with one attached hydrogen (secondary N) is 1. The lowest BCUT2D eigenvalue weighted by Gasteiger charge is -2.19. The summed E-state index contributed by atoms with van der Waals surface area (Å²) in [6.07, 6.45) is 0. The van der Waals surface area contributed by atoms with E-state index in [-0.39, 0.29) is 16.7 Å². The molecule has 0 atom stereocenters. The number of nitriles is 2. The molecule has 132 valence electrons. The number of halogens is 1. The first-order chi connectivity index (χ1) is 12.3. The van der Waals surface area contributed by atoms with Crippen LogP contribution in [0.5, 0.6) is 0 Å². The molecule has 0 heterocycles. The first-order valence-electron chi connectivity index (χ1n) is 8.13. The van der Waals surface area contributed by atoms with E-state index < -0.39 is 5.82 Å². The molecular formula is C21H20FN3S. The zero-order chi connectivity index (χ0) is 19.2. The molecule has 1 N–H and O–H groups in total. The molecule has 2 aromatic rings. The predicted octanol–water partition coefficient (Wildman–Crippen LogP) is 5.73. The number of anilines is 1. The monoisotopic (exact) mass is 365 g/mol. The van der Waals surface area contributed by atoms with E-state index >= 15 is 0 Å². The van der Waals surface area contributed by atoms with E-state index in [9.17, 15) is 14.9 Å². The van der Waals surface area contributed by atoms with Crippen molar-refractivity contribution in [3.8, 4) is 12.1 Å². The highest BCUT2D eigenvalue weighted by atomic mass is 32.2. The number of rotatable bonds is 5. The molecule has 26 heavy (non-hydrogen) atoms. The van der Waals surface area contributed by atoms with E-state index in [1.807, 2.05) is 24.3 Å². The molecule has 0 unspecified atom stereocenters. The number of hydrogen-bond acceptors (Lipinski definition) is 4. The molecular weight excluding hydrogens is 345 g/mol. The van der Waals surface area contributed by atoms with Gasteiger partial charge in [0.15, 0.2) is 5.57 Å². The van der Waals surface area contributed by atoms with Crippen LogP contribution in [0.25, 0.3) is 0 Å². The van der Waals surface area contributed by atoms with Gasteiger partial charge >= 0.3 is 0 Å². The third kappa shape index (κ3) is 5.12. The summed E-state index contributed by atoms with van der Waals surface area (Å²) in [5, 5.41) is 21.6. The second-order valence-corrected chi connectivity index (χ2v) is 7.75.